The van der Waals surface area contributed by atoms with Gasteiger partial charge in [0.2, 0.25) is 11.1 Å². The van der Waals surface area contributed by atoms with E-state index in [0.717, 1.165) is 0 Å². The van der Waals surface area contributed by atoms with E-state index in [1.165, 1.54) is 18.2 Å². The first-order valence-electron chi connectivity index (χ1n) is 8.29. The van der Waals surface area contributed by atoms with Gasteiger partial charge < -0.3 is 19.4 Å². The van der Waals surface area contributed by atoms with Crippen molar-refractivity contribution in [3.05, 3.63) is 51.3 Å². The molecular weight excluding hydrogens is 354 g/mol. The van der Waals surface area contributed by atoms with E-state index in [0.29, 0.717) is 5.56 Å². The fourth-order valence-electron chi connectivity index (χ4n) is 2.76. The number of carbonyl (C=O) groups excluding carboxylic acids is 1. The van der Waals surface area contributed by atoms with Crippen LogP contribution in [0.2, 0.25) is 0 Å². The summed E-state index contributed by atoms with van der Waals surface area (Å²) in [7, 11) is 0. The van der Waals surface area contributed by atoms with E-state index in [4.69, 9.17) is 14.3 Å². The van der Waals surface area contributed by atoms with Gasteiger partial charge in [0.1, 0.15) is 5.58 Å². The second kappa shape index (κ2) is 7.16. The Bertz CT molecular complexity index is 1110. The molecule has 0 aliphatic heterocycles. The standard InChI is InChI=1S/C19H17NO7/c1-3-26-19(25)11-7-13-17(24)12-6-10(9(2)21)4-5-15(12)27-18(13)20-14(11)8-16(22)23/h4-7,9,21H,3,8H2,1-2H3,(H,22,23). The van der Waals surface area contributed by atoms with Gasteiger partial charge in [0, 0.05) is 0 Å². The Morgan fingerprint density at radius 2 is 2.00 bits per heavy atom. The highest BCUT2D eigenvalue weighted by Gasteiger charge is 2.21. The molecule has 1 unspecified atom stereocenters. The molecule has 27 heavy (non-hydrogen) atoms. The summed E-state index contributed by atoms with van der Waals surface area (Å²) in [5.74, 6) is -1.95. The monoisotopic (exact) mass is 371 g/mol. The van der Waals surface area contributed by atoms with E-state index in [9.17, 15) is 19.5 Å². The number of esters is 1. The van der Waals surface area contributed by atoms with Gasteiger partial charge in [-0.1, -0.05) is 6.07 Å². The molecule has 0 aliphatic carbocycles. The Hall–Kier alpha value is -3.26. The van der Waals surface area contributed by atoms with Crippen molar-refractivity contribution in [1.82, 2.24) is 4.98 Å². The molecule has 2 heterocycles. The molecular formula is C19H17NO7. The molecule has 0 saturated carbocycles. The lowest BCUT2D eigenvalue weighted by Gasteiger charge is -2.10. The zero-order valence-electron chi connectivity index (χ0n) is 14.7. The third kappa shape index (κ3) is 3.52. The highest BCUT2D eigenvalue weighted by atomic mass is 16.5. The summed E-state index contributed by atoms with van der Waals surface area (Å²) in [5.41, 5.74) is 0.140. The molecule has 8 heteroatoms. The molecule has 0 fully saturated rings. The lowest BCUT2D eigenvalue weighted by Crippen LogP contribution is -2.15. The van der Waals surface area contributed by atoms with Crippen molar-refractivity contribution >= 4 is 34.0 Å². The van der Waals surface area contributed by atoms with Crippen molar-refractivity contribution in [2.45, 2.75) is 26.4 Å². The Morgan fingerprint density at radius 1 is 1.26 bits per heavy atom. The number of aliphatic hydroxyl groups excluding tert-OH is 1. The fourth-order valence-corrected chi connectivity index (χ4v) is 2.76. The number of carboxylic acid groups (broad SMARTS) is 1. The van der Waals surface area contributed by atoms with E-state index in [1.54, 1.807) is 19.9 Å². The zero-order valence-corrected chi connectivity index (χ0v) is 14.7. The van der Waals surface area contributed by atoms with Gasteiger partial charge in [0.15, 0.2) is 0 Å². The fraction of sp³-hybridized carbons (Fsp3) is 0.263. The van der Waals surface area contributed by atoms with Crippen LogP contribution in [0.5, 0.6) is 0 Å². The lowest BCUT2D eigenvalue weighted by atomic mass is 10.0. The third-order valence-electron chi connectivity index (χ3n) is 4.06. The second-order valence-electron chi connectivity index (χ2n) is 5.99. The number of ether oxygens (including phenoxy) is 1. The van der Waals surface area contributed by atoms with Gasteiger partial charge in [-0.3, -0.25) is 9.59 Å². The van der Waals surface area contributed by atoms with Gasteiger partial charge in [-0.25, -0.2) is 9.78 Å². The number of carboxylic acids is 1. The second-order valence-corrected chi connectivity index (χ2v) is 5.99. The van der Waals surface area contributed by atoms with Gasteiger partial charge in [0.05, 0.1) is 41.2 Å². The van der Waals surface area contributed by atoms with E-state index >= 15 is 0 Å². The molecule has 2 aromatic heterocycles. The number of aliphatic hydroxyl groups is 1. The van der Waals surface area contributed by atoms with Gasteiger partial charge in [-0.05, 0) is 37.6 Å². The topological polar surface area (TPSA) is 127 Å². The molecule has 0 spiro atoms. The Morgan fingerprint density at radius 3 is 2.63 bits per heavy atom. The number of hydrogen-bond acceptors (Lipinski definition) is 7. The van der Waals surface area contributed by atoms with Crippen LogP contribution in [0.25, 0.3) is 22.1 Å². The van der Waals surface area contributed by atoms with Gasteiger partial charge in [-0.15, -0.1) is 0 Å². The first kappa shape index (κ1) is 18.5. The van der Waals surface area contributed by atoms with Crippen LogP contribution in [0.1, 0.15) is 41.6 Å². The lowest BCUT2D eigenvalue weighted by molar-refractivity contribution is -0.136. The van der Waals surface area contributed by atoms with E-state index in [2.05, 4.69) is 4.98 Å². The molecule has 0 saturated heterocycles. The molecule has 140 valence electrons. The molecule has 0 aliphatic rings. The molecule has 3 aromatic rings. The summed E-state index contributed by atoms with van der Waals surface area (Å²) in [5, 5.41) is 19.1. The number of hydrogen-bond donors (Lipinski definition) is 2. The first-order valence-corrected chi connectivity index (χ1v) is 8.29. The molecule has 1 aromatic carbocycles. The maximum atomic E-state index is 12.9. The van der Waals surface area contributed by atoms with Crippen molar-refractivity contribution in [2.75, 3.05) is 6.61 Å². The molecule has 1 atom stereocenters. The Labute approximate surface area is 153 Å². The van der Waals surface area contributed by atoms with Crippen molar-refractivity contribution in [1.29, 1.82) is 0 Å². The summed E-state index contributed by atoms with van der Waals surface area (Å²) in [6.07, 6.45) is -1.29. The first-order chi connectivity index (χ1) is 12.8. The van der Waals surface area contributed by atoms with E-state index in [1.807, 2.05) is 0 Å². The number of aromatic nitrogens is 1. The minimum absolute atomic E-state index is 0.0300. The number of benzene rings is 1. The third-order valence-corrected chi connectivity index (χ3v) is 4.06. The molecule has 8 nitrogen and oxygen atoms in total. The molecule has 0 amide bonds. The van der Waals surface area contributed by atoms with Crippen molar-refractivity contribution in [2.24, 2.45) is 0 Å². The molecule has 0 radical (unpaired) electrons. The average molecular weight is 371 g/mol. The van der Waals surface area contributed by atoms with Gasteiger partial charge in [-0.2, -0.15) is 0 Å². The normalized spacial score (nSPS) is 12.3. The van der Waals surface area contributed by atoms with Crippen molar-refractivity contribution in [3.8, 4) is 0 Å². The van der Waals surface area contributed by atoms with Crippen LogP contribution in [0.4, 0.5) is 0 Å². The largest absolute Gasteiger partial charge is 0.481 e. The smallest absolute Gasteiger partial charge is 0.340 e. The highest BCUT2D eigenvalue weighted by Crippen LogP contribution is 2.23. The number of fused-ring (bicyclic) bond motifs is 2. The SMILES string of the molecule is CCOC(=O)c1cc2c(=O)c3cc(C(C)O)ccc3oc2nc1CC(=O)O. The van der Waals surface area contributed by atoms with Crippen LogP contribution >= 0.6 is 0 Å². The quantitative estimate of drug-likeness (QED) is 0.516. The number of aliphatic carboxylic acids is 1. The number of carbonyl (C=O) groups is 2. The van der Waals surface area contributed by atoms with E-state index < -0.39 is 29.9 Å². The Balaban J connectivity index is 2.32. The van der Waals surface area contributed by atoms with E-state index in [-0.39, 0.29) is 39.9 Å². The molecule has 0 bridgehead atoms. The van der Waals surface area contributed by atoms with Gasteiger partial charge >= 0.3 is 11.9 Å². The summed E-state index contributed by atoms with van der Waals surface area (Å²) >= 11 is 0. The van der Waals surface area contributed by atoms with Crippen LogP contribution in [0, 0.1) is 0 Å². The molecule has 3 rings (SSSR count). The van der Waals surface area contributed by atoms with Crippen LogP contribution in [0.3, 0.4) is 0 Å². The minimum Gasteiger partial charge on any atom is -0.481 e. The zero-order chi connectivity index (χ0) is 19.7. The number of nitrogens with zero attached hydrogens (tertiary/aromatic N) is 1. The maximum absolute atomic E-state index is 12.9. The molecule has 2 N–H and O–H groups in total. The average Bonchev–Trinajstić information content (AvgIpc) is 2.60. The van der Waals surface area contributed by atoms with Crippen LogP contribution in [-0.4, -0.2) is 33.7 Å². The van der Waals surface area contributed by atoms with Crippen molar-refractivity contribution < 1.29 is 29.0 Å². The van der Waals surface area contributed by atoms with Crippen molar-refractivity contribution in [3.63, 3.8) is 0 Å². The highest BCUT2D eigenvalue weighted by molar-refractivity contribution is 5.97. The minimum atomic E-state index is -1.18. The predicted molar refractivity (Wildman–Crippen MR) is 95.7 cm³/mol. The number of rotatable bonds is 5. The van der Waals surface area contributed by atoms with Crippen LogP contribution in [-0.2, 0) is 16.0 Å². The number of pyridine rings is 1. The maximum Gasteiger partial charge on any atom is 0.340 e. The van der Waals surface area contributed by atoms with Crippen LogP contribution < -0.4 is 5.43 Å². The van der Waals surface area contributed by atoms with Crippen LogP contribution in [0.15, 0.2) is 33.5 Å². The summed E-state index contributed by atoms with van der Waals surface area (Å²) in [6.45, 7) is 3.28. The van der Waals surface area contributed by atoms with Gasteiger partial charge in [0.25, 0.3) is 0 Å². The predicted octanol–water partition coefficient (Wildman–Crippen LogP) is 2.20. The summed E-state index contributed by atoms with van der Waals surface area (Å²) in [6, 6.07) is 5.92. The summed E-state index contributed by atoms with van der Waals surface area (Å²) < 4.78 is 10.6. The summed E-state index contributed by atoms with van der Waals surface area (Å²) in [4.78, 5) is 40.3. The Kier molecular flexibility index (Phi) is 4.91.